The largest absolute Gasteiger partial charge is 0.339 e. The minimum atomic E-state index is -0.285. The van der Waals surface area contributed by atoms with Crippen LogP contribution in [0.3, 0.4) is 0 Å². The monoisotopic (exact) mass is 437 g/mol. The molecule has 0 radical (unpaired) electrons. The van der Waals surface area contributed by atoms with Crippen molar-refractivity contribution >= 4 is 34.8 Å². The van der Waals surface area contributed by atoms with Crippen molar-refractivity contribution < 1.29 is 9.59 Å². The van der Waals surface area contributed by atoms with Crippen LogP contribution in [0, 0.1) is 5.92 Å². The fourth-order valence-corrected chi connectivity index (χ4v) is 3.81. The molecule has 0 atom stereocenters. The van der Waals surface area contributed by atoms with Crippen LogP contribution in [0.1, 0.15) is 66.8 Å². The number of likely N-dealkylation sites (tertiary alicyclic amines) is 1. The number of para-hydroxylation sites is 1. The summed E-state index contributed by atoms with van der Waals surface area (Å²) in [7, 11) is 0. The lowest BCUT2D eigenvalue weighted by Gasteiger charge is -2.31. The smallest absolute Gasteiger partial charge is 0.257 e. The Morgan fingerprint density at radius 3 is 2.23 bits per heavy atom. The molecule has 0 unspecified atom stereocenters. The molecule has 0 aromatic heterocycles. The van der Waals surface area contributed by atoms with Crippen LogP contribution in [0.15, 0.2) is 48.5 Å². The van der Waals surface area contributed by atoms with Gasteiger partial charge in [0.15, 0.2) is 5.11 Å². The maximum atomic E-state index is 13.0. The predicted molar refractivity (Wildman–Crippen MR) is 130 cm³/mol. The van der Waals surface area contributed by atoms with Gasteiger partial charge in [-0.1, -0.05) is 52.0 Å². The first kappa shape index (κ1) is 22.9. The van der Waals surface area contributed by atoms with Gasteiger partial charge in [-0.25, -0.2) is 0 Å². The van der Waals surface area contributed by atoms with Gasteiger partial charge < -0.3 is 10.2 Å². The summed E-state index contributed by atoms with van der Waals surface area (Å²) in [5, 5.41) is 5.90. The summed E-state index contributed by atoms with van der Waals surface area (Å²) in [6.07, 6.45) is 2.04. The zero-order valence-corrected chi connectivity index (χ0v) is 19.5. The molecule has 2 amide bonds. The number of hydrogen-bond acceptors (Lipinski definition) is 3. The summed E-state index contributed by atoms with van der Waals surface area (Å²) in [6, 6.07) is 14.8. The zero-order chi connectivity index (χ0) is 22.6. The molecule has 0 aliphatic carbocycles. The third-order valence-corrected chi connectivity index (χ3v) is 5.92. The summed E-state index contributed by atoms with van der Waals surface area (Å²) in [6.45, 7) is 10.1. The molecular formula is C25H31N3O2S. The number of nitrogens with one attached hydrogen (secondary N) is 2. The van der Waals surface area contributed by atoms with Gasteiger partial charge >= 0.3 is 0 Å². The van der Waals surface area contributed by atoms with Gasteiger partial charge in [0.1, 0.15) is 0 Å². The van der Waals surface area contributed by atoms with Crippen LogP contribution >= 0.6 is 12.2 Å². The highest BCUT2D eigenvalue weighted by molar-refractivity contribution is 7.80. The standard InChI is InChI=1S/C25H31N3O2S/c1-17-13-15-28(16-14-17)23(30)20-7-5-6-8-21(20)26-24(31)27-22(29)18-9-11-19(12-10-18)25(2,3)4/h5-12,17H,13-16H2,1-4H3,(H2,26,27,29,31). The van der Waals surface area contributed by atoms with Gasteiger partial charge in [-0.3, -0.25) is 14.9 Å². The molecule has 1 aliphatic heterocycles. The Bertz CT molecular complexity index is 955. The third-order valence-electron chi connectivity index (χ3n) is 5.72. The molecule has 164 valence electrons. The fraction of sp³-hybridized carbons (Fsp3) is 0.400. The van der Waals surface area contributed by atoms with E-state index in [4.69, 9.17) is 12.2 Å². The van der Waals surface area contributed by atoms with Gasteiger partial charge in [-0.2, -0.15) is 0 Å². The Kier molecular flexibility index (Phi) is 7.11. The van der Waals surface area contributed by atoms with Gasteiger partial charge in [0.25, 0.3) is 11.8 Å². The van der Waals surface area contributed by atoms with E-state index < -0.39 is 0 Å². The number of carbonyl (C=O) groups is 2. The highest BCUT2D eigenvalue weighted by Crippen LogP contribution is 2.23. The van der Waals surface area contributed by atoms with Crippen LogP contribution in [0.2, 0.25) is 0 Å². The molecule has 2 aromatic carbocycles. The van der Waals surface area contributed by atoms with E-state index in [0.29, 0.717) is 22.7 Å². The van der Waals surface area contributed by atoms with Gasteiger partial charge in [0.05, 0.1) is 11.3 Å². The summed E-state index contributed by atoms with van der Waals surface area (Å²) < 4.78 is 0. The van der Waals surface area contributed by atoms with Gasteiger partial charge in [-0.15, -0.1) is 0 Å². The molecule has 5 nitrogen and oxygen atoms in total. The molecular weight excluding hydrogens is 406 g/mol. The number of benzene rings is 2. The molecule has 1 saturated heterocycles. The zero-order valence-electron chi connectivity index (χ0n) is 18.7. The van der Waals surface area contributed by atoms with E-state index in [1.165, 1.54) is 0 Å². The molecule has 0 saturated carbocycles. The van der Waals surface area contributed by atoms with E-state index in [-0.39, 0.29) is 22.3 Å². The number of thiocarbonyl (C=S) groups is 1. The van der Waals surface area contributed by atoms with Gasteiger partial charge in [0.2, 0.25) is 0 Å². The van der Waals surface area contributed by atoms with Crippen molar-refractivity contribution in [1.82, 2.24) is 10.2 Å². The Labute approximate surface area is 190 Å². The molecule has 0 bridgehead atoms. The normalized spacial score (nSPS) is 14.8. The maximum Gasteiger partial charge on any atom is 0.257 e. The van der Waals surface area contributed by atoms with Crippen molar-refractivity contribution in [2.45, 2.75) is 46.0 Å². The lowest BCUT2D eigenvalue weighted by atomic mass is 9.87. The van der Waals surface area contributed by atoms with E-state index in [9.17, 15) is 9.59 Å². The second kappa shape index (κ2) is 9.60. The van der Waals surface area contributed by atoms with Crippen LogP contribution in [0.25, 0.3) is 0 Å². The van der Waals surface area contributed by atoms with Crippen LogP contribution in [-0.2, 0) is 5.41 Å². The highest BCUT2D eigenvalue weighted by Gasteiger charge is 2.23. The fourth-order valence-electron chi connectivity index (χ4n) is 3.61. The molecule has 2 aromatic rings. The lowest BCUT2D eigenvalue weighted by Crippen LogP contribution is -2.39. The van der Waals surface area contributed by atoms with Crippen molar-refractivity contribution in [3.63, 3.8) is 0 Å². The number of amides is 2. The molecule has 31 heavy (non-hydrogen) atoms. The third kappa shape index (κ3) is 5.91. The quantitative estimate of drug-likeness (QED) is 0.665. The molecule has 3 rings (SSSR count). The molecule has 6 heteroatoms. The predicted octanol–water partition coefficient (Wildman–Crippen LogP) is 4.98. The molecule has 1 heterocycles. The van der Waals surface area contributed by atoms with E-state index in [1.807, 2.05) is 29.2 Å². The molecule has 0 spiro atoms. The van der Waals surface area contributed by atoms with Crippen molar-refractivity contribution in [2.75, 3.05) is 18.4 Å². The van der Waals surface area contributed by atoms with E-state index >= 15 is 0 Å². The first-order valence-electron chi connectivity index (χ1n) is 10.8. The number of carbonyl (C=O) groups excluding carboxylic acids is 2. The minimum absolute atomic E-state index is 0.0121. The van der Waals surface area contributed by atoms with Crippen molar-refractivity contribution in [3.05, 3.63) is 65.2 Å². The number of hydrogen-bond donors (Lipinski definition) is 2. The summed E-state index contributed by atoms with van der Waals surface area (Å²) in [5.41, 5.74) is 2.87. The van der Waals surface area contributed by atoms with Crippen molar-refractivity contribution in [1.29, 1.82) is 0 Å². The summed E-state index contributed by atoms with van der Waals surface area (Å²) >= 11 is 5.35. The maximum absolute atomic E-state index is 13.0. The first-order valence-corrected chi connectivity index (χ1v) is 11.2. The van der Waals surface area contributed by atoms with Crippen molar-refractivity contribution in [3.8, 4) is 0 Å². The average Bonchev–Trinajstić information content (AvgIpc) is 2.73. The summed E-state index contributed by atoms with van der Waals surface area (Å²) in [4.78, 5) is 27.5. The first-order chi connectivity index (χ1) is 14.6. The van der Waals surface area contributed by atoms with Gasteiger partial charge in [0, 0.05) is 18.7 Å². The topological polar surface area (TPSA) is 61.4 Å². The van der Waals surface area contributed by atoms with Crippen LogP contribution in [0.4, 0.5) is 5.69 Å². The van der Waals surface area contributed by atoms with Crippen LogP contribution in [-0.4, -0.2) is 34.9 Å². The average molecular weight is 438 g/mol. The Hall–Kier alpha value is -2.73. The number of rotatable bonds is 3. The number of piperidine rings is 1. The second-order valence-electron chi connectivity index (χ2n) is 9.26. The highest BCUT2D eigenvalue weighted by atomic mass is 32.1. The number of nitrogens with zero attached hydrogens (tertiary/aromatic N) is 1. The summed E-state index contributed by atoms with van der Waals surface area (Å²) in [5.74, 6) is 0.353. The Morgan fingerprint density at radius 1 is 1.00 bits per heavy atom. The van der Waals surface area contributed by atoms with E-state index in [1.54, 1.807) is 24.3 Å². The van der Waals surface area contributed by atoms with Crippen molar-refractivity contribution in [2.24, 2.45) is 5.92 Å². The Balaban J connectivity index is 1.65. The number of anilines is 1. The van der Waals surface area contributed by atoms with Crippen LogP contribution < -0.4 is 10.6 Å². The molecule has 1 aliphatic rings. The van der Waals surface area contributed by atoms with Gasteiger partial charge in [-0.05, 0) is 66.2 Å². The Morgan fingerprint density at radius 2 is 1.61 bits per heavy atom. The van der Waals surface area contributed by atoms with E-state index in [2.05, 4.69) is 38.3 Å². The second-order valence-corrected chi connectivity index (χ2v) is 9.66. The van der Waals surface area contributed by atoms with E-state index in [0.717, 1.165) is 31.5 Å². The molecule has 1 fully saturated rings. The minimum Gasteiger partial charge on any atom is -0.339 e. The van der Waals surface area contributed by atoms with Crippen LogP contribution in [0.5, 0.6) is 0 Å². The lowest BCUT2D eigenvalue weighted by molar-refractivity contribution is 0.0698. The molecule has 2 N–H and O–H groups in total. The SMILES string of the molecule is CC1CCN(C(=O)c2ccccc2NC(=S)NC(=O)c2ccc(C(C)(C)C)cc2)CC1.